The molecule has 2 rings (SSSR count). The van der Waals surface area contributed by atoms with Gasteiger partial charge in [-0.05, 0) is 62.0 Å². The average Bonchev–Trinajstić information content (AvgIpc) is 2.49. The van der Waals surface area contributed by atoms with Crippen molar-refractivity contribution in [2.45, 2.75) is 13.8 Å². The number of nitrogens with one attached hydrogen (secondary N) is 3. The molecule has 3 N–H and O–H groups in total. The highest BCUT2D eigenvalue weighted by Crippen LogP contribution is 2.15. The van der Waals surface area contributed by atoms with Gasteiger partial charge in [0.2, 0.25) is 0 Å². The zero-order valence-electron chi connectivity index (χ0n) is 12.1. The van der Waals surface area contributed by atoms with Gasteiger partial charge in [0.1, 0.15) is 5.75 Å². The number of benzene rings is 2. The number of hydrogen-bond donors (Lipinski definition) is 3. The molecule has 0 aliphatic heterocycles. The number of ether oxygens (including phenoxy) is 1. The van der Waals surface area contributed by atoms with Crippen LogP contribution in [0.3, 0.4) is 0 Å². The zero-order chi connectivity index (χ0) is 15.1. The van der Waals surface area contributed by atoms with E-state index < -0.39 is 0 Å². The van der Waals surface area contributed by atoms with Gasteiger partial charge in [0.15, 0.2) is 5.11 Å². The fourth-order valence-corrected chi connectivity index (χ4v) is 1.97. The van der Waals surface area contributed by atoms with Crippen LogP contribution in [0.1, 0.15) is 12.5 Å². The topological polar surface area (TPSA) is 45.3 Å². The molecule has 0 aliphatic rings. The minimum absolute atomic E-state index is 0.502. The summed E-state index contributed by atoms with van der Waals surface area (Å²) in [6, 6.07) is 15.7. The summed E-state index contributed by atoms with van der Waals surface area (Å²) in [5, 5.41) is 3.61. The molecule has 2 aromatic rings. The minimum Gasteiger partial charge on any atom is -0.494 e. The van der Waals surface area contributed by atoms with Crippen molar-refractivity contribution in [2.75, 3.05) is 17.3 Å². The van der Waals surface area contributed by atoms with E-state index in [0.29, 0.717) is 11.7 Å². The first-order valence-electron chi connectivity index (χ1n) is 6.80. The van der Waals surface area contributed by atoms with E-state index in [-0.39, 0.29) is 0 Å². The lowest BCUT2D eigenvalue weighted by Gasteiger charge is -2.14. The van der Waals surface area contributed by atoms with E-state index in [4.69, 9.17) is 17.0 Å². The molecular weight excluding hydrogens is 282 g/mol. The van der Waals surface area contributed by atoms with E-state index in [1.54, 1.807) is 0 Å². The Morgan fingerprint density at radius 3 is 2.48 bits per heavy atom. The van der Waals surface area contributed by atoms with Gasteiger partial charge in [-0.15, -0.1) is 0 Å². The van der Waals surface area contributed by atoms with Crippen molar-refractivity contribution in [3.63, 3.8) is 0 Å². The monoisotopic (exact) mass is 301 g/mol. The molecule has 0 heterocycles. The van der Waals surface area contributed by atoms with Gasteiger partial charge in [-0.2, -0.15) is 0 Å². The molecule has 0 radical (unpaired) electrons. The molecule has 0 bridgehead atoms. The number of hydrogen-bond acceptors (Lipinski definition) is 3. The molecule has 5 heteroatoms. The van der Waals surface area contributed by atoms with Crippen LogP contribution < -0.4 is 20.9 Å². The molecule has 21 heavy (non-hydrogen) atoms. The summed E-state index contributed by atoms with van der Waals surface area (Å²) < 4.78 is 5.40. The second-order valence-electron chi connectivity index (χ2n) is 4.48. The maximum atomic E-state index is 5.40. The molecule has 0 atom stereocenters. The quantitative estimate of drug-likeness (QED) is 0.580. The van der Waals surface area contributed by atoms with Gasteiger partial charge in [0.05, 0.1) is 12.3 Å². The predicted molar refractivity (Wildman–Crippen MR) is 91.8 cm³/mol. The van der Waals surface area contributed by atoms with Gasteiger partial charge in [-0.25, -0.2) is 0 Å². The van der Waals surface area contributed by atoms with Crippen molar-refractivity contribution in [2.24, 2.45) is 0 Å². The van der Waals surface area contributed by atoms with E-state index in [9.17, 15) is 0 Å². The normalized spacial score (nSPS) is 9.81. The third-order valence-corrected chi connectivity index (χ3v) is 3.08. The Labute approximate surface area is 130 Å². The van der Waals surface area contributed by atoms with Crippen LogP contribution in [0.2, 0.25) is 0 Å². The summed E-state index contributed by atoms with van der Waals surface area (Å²) in [5.74, 6) is 0.847. The highest BCUT2D eigenvalue weighted by Gasteiger charge is 2.00. The highest BCUT2D eigenvalue weighted by molar-refractivity contribution is 7.80. The number of aryl methyl sites for hydroxylation is 1. The van der Waals surface area contributed by atoms with E-state index in [0.717, 1.165) is 22.7 Å². The SMILES string of the molecule is CCOc1ccc(NC(=S)NNc2ccccc2C)cc1. The van der Waals surface area contributed by atoms with Crippen LogP contribution >= 0.6 is 12.2 Å². The van der Waals surface area contributed by atoms with Crippen molar-refractivity contribution in [1.29, 1.82) is 0 Å². The molecular formula is C16H19N3OS. The standard InChI is InChI=1S/C16H19N3OS/c1-3-20-14-10-8-13(9-11-14)17-16(21)19-18-15-7-5-4-6-12(15)2/h4-11,18H,3H2,1-2H3,(H2,17,19,21). The zero-order valence-corrected chi connectivity index (χ0v) is 13.0. The van der Waals surface area contributed by atoms with Gasteiger partial charge < -0.3 is 10.1 Å². The van der Waals surface area contributed by atoms with E-state index in [1.165, 1.54) is 0 Å². The van der Waals surface area contributed by atoms with Crippen LogP contribution in [0.5, 0.6) is 5.75 Å². The Kier molecular flexibility index (Phi) is 5.40. The molecule has 110 valence electrons. The molecule has 0 saturated heterocycles. The van der Waals surface area contributed by atoms with E-state index in [2.05, 4.69) is 16.2 Å². The molecule has 0 saturated carbocycles. The maximum Gasteiger partial charge on any atom is 0.189 e. The van der Waals surface area contributed by atoms with E-state index in [1.807, 2.05) is 62.4 Å². The smallest absolute Gasteiger partial charge is 0.189 e. The lowest BCUT2D eigenvalue weighted by molar-refractivity contribution is 0.340. The molecule has 0 spiro atoms. The number of para-hydroxylation sites is 1. The Bertz CT molecular complexity index is 599. The fraction of sp³-hybridized carbons (Fsp3) is 0.188. The Hall–Kier alpha value is -2.27. The maximum absolute atomic E-state index is 5.40. The molecule has 0 aliphatic carbocycles. The summed E-state index contributed by atoms with van der Waals surface area (Å²) in [4.78, 5) is 0. The van der Waals surface area contributed by atoms with Crippen LogP contribution in [0.4, 0.5) is 11.4 Å². The Balaban J connectivity index is 1.85. The van der Waals surface area contributed by atoms with Crippen LogP contribution in [0.15, 0.2) is 48.5 Å². The van der Waals surface area contributed by atoms with E-state index >= 15 is 0 Å². The number of rotatable bonds is 5. The Morgan fingerprint density at radius 2 is 1.81 bits per heavy atom. The molecule has 2 aromatic carbocycles. The highest BCUT2D eigenvalue weighted by atomic mass is 32.1. The van der Waals surface area contributed by atoms with Gasteiger partial charge in [0, 0.05) is 5.69 Å². The number of anilines is 2. The summed E-state index contributed by atoms with van der Waals surface area (Å²) in [6.45, 7) is 4.66. The lowest BCUT2D eigenvalue weighted by atomic mass is 10.2. The minimum atomic E-state index is 0.502. The molecule has 0 amide bonds. The van der Waals surface area contributed by atoms with Gasteiger partial charge in [-0.3, -0.25) is 10.9 Å². The molecule has 0 fully saturated rings. The van der Waals surface area contributed by atoms with Crippen LogP contribution in [0, 0.1) is 6.92 Å². The molecule has 4 nitrogen and oxygen atoms in total. The van der Waals surface area contributed by atoms with Gasteiger partial charge in [-0.1, -0.05) is 18.2 Å². The third kappa shape index (κ3) is 4.65. The third-order valence-electron chi connectivity index (χ3n) is 2.88. The van der Waals surface area contributed by atoms with Crippen molar-refractivity contribution in [3.8, 4) is 5.75 Å². The fourth-order valence-electron chi connectivity index (χ4n) is 1.80. The van der Waals surface area contributed by atoms with Crippen molar-refractivity contribution < 1.29 is 4.74 Å². The summed E-state index contributed by atoms with van der Waals surface area (Å²) >= 11 is 5.25. The Morgan fingerprint density at radius 1 is 1.10 bits per heavy atom. The van der Waals surface area contributed by atoms with Crippen molar-refractivity contribution in [1.82, 2.24) is 5.43 Å². The lowest BCUT2D eigenvalue weighted by Crippen LogP contribution is -2.33. The van der Waals surface area contributed by atoms with Crippen molar-refractivity contribution >= 4 is 28.7 Å². The van der Waals surface area contributed by atoms with Crippen molar-refractivity contribution in [3.05, 3.63) is 54.1 Å². The first-order valence-corrected chi connectivity index (χ1v) is 7.21. The van der Waals surface area contributed by atoms with Gasteiger partial charge >= 0.3 is 0 Å². The molecule has 0 unspecified atom stereocenters. The summed E-state index contributed by atoms with van der Waals surface area (Å²) in [7, 11) is 0. The largest absolute Gasteiger partial charge is 0.494 e. The second kappa shape index (κ2) is 7.50. The average molecular weight is 301 g/mol. The first kappa shape index (κ1) is 15.1. The number of thiocarbonyl (C=S) groups is 1. The summed E-state index contributed by atoms with van der Waals surface area (Å²) in [5.41, 5.74) is 9.10. The first-order chi connectivity index (χ1) is 10.2. The predicted octanol–water partition coefficient (Wildman–Crippen LogP) is 3.71. The molecule has 0 aromatic heterocycles. The number of hydrazine groups is 1. The van der Waals surface area contributed by atoms with Crippen LogP contribution in [-0.4, -0.2) is 11.7 Å². The van der Waals surface area contributed by atoms with Crippen LogP contribution in [-0.2, 0) is 0 Å². The van der Waals surface area contributed by atoms with Crippen LogP contribution in [0.25, 0.3) is 0 Å². The summed E-state index contributed by atoms with van der Waals surface area (Å²) in [6.07, 6.45) is 0. The van der Waals surface area contributed by atoms with Gasteiger partial charge in [0.25, 0.3) is 0 Å². The second-order valence-corrected chi connectivity index (χ2v) is 4.88.